The minimum atomic E-state index is -4.60. The summed E-state index contributed by atoms with van der Waals surface area (Å²) in [6, 6.07) is 2.68. The predicted octanol–water partition coefficient (Wildman–Crippen LogP) is 2.36. The fourth-order valence-electron chi connectivity index (χ4n) is 3.31. The Morgan fingerprint density at radius 1 is 1.30 bits per heavy atom. The van der Waals surface area contributed by atoms with Crippen molar-refractivity contribution in [3.05, 3.63) is 29.6 Å². The normalized spacial score (nSPS) is 37.1. The lowest BCUT2D eigenvalue weighted by molar-refractivity contribution is -0.144. The van der Waals surface area contributed by atoms with Gasteiger partial charge in [-0.05, 0) is 31.7 Å². The van der Waals surface area contributed by atoms with Crippen LogP contribution in [0.1, 0.15) is 36.9 Å². The lowest BCUT2D eigenvalue weighted by Crippen LogP contribution is -2.41. The Kier molecular flexibility index (Phi) is 3.17. The molecular weight excluding hydrogens is 291 g/mol. The Morgan fingerprint density at radius 3 is 2.45 bits per heavy atom. The van der Waals surface area contributed by atoms with Gasteiger partial charge in [-0.3, -0.25) is 9.19 Å². The van der Waals surface area contributed by atoms with Crippen LogP contribution in [0.25, 0.3) is 0 Å². The fourth-order valence-corrected chi connectivity index (χ4v) is 5.47. The van der Waals surface area contributed by atoms with Crippen molar-refractivity contribution in [1.82, 2.24) is 4.98 Å². The standard InChI is InChI=1S/C13H14F3NO2S/c14-13(15,16)11-10(2-1-5-17-11)12(18)6-8-3-4-9(7-12)20(8)19/h1-2,5,8-9,18H,3-4,6-7H2. The topological polar surface area (TPSA) is 50.2 Å². The summed E-state index contributed by atoms with van der Waals surface area (Å²) in [5.74, 6) is 0. The molecule has 2 bridgehead atoms. The number of alkyl halides is 3. The smallest absolute Gasteiger partial charge is 0.385 e. The van der Waals surface area contributed by atoms with Crippen molar-refractivity contribution in [2.45, 2.75) is 48.0 Å². The van der Waals surface area contributed by atoms with Crippen LogP contribution < -0.4 is 0 Å². The van der Waals surface area contributed by atoms with Crippen LogP contribution in [0.4, 0.5) is 13.2 Å². The van der Waals surface area contributed by atoms with E-state index in [0.717, 1.165) is 6.20 Å². The highest BCUT2D eigenvalue weighted by Crippen LogP contribution is 2.48. The van der Waals surface area contributed by atoms with E-state index in [2.05, 4.69) is 4.98 Å². The van der Waals surface area contributed by atoms with Crippen LogP contribution in [-0.4, -0.2) is 24.8 Å². The third-order valence-electron chi connectivity index (χ3n) is 4.18. The van der Waals surface area contributed by atoms with E-state index in [1.807, 2.05) is 0 Å². The molecule has 3 nitrogen and oxygen atoms in total. The van der Waals surface area contributed by atoms with Crippen molar-refractivity contribution in [1.29, 1.82) is 0 Å². The molecule has 0 radical (unpaired) electrons. The van der Waals surface area contributed by atoms with E-state index in [1.54, 1.807) is 0 Å². The van der Waals surface area contributed by atoms with Crippen molar-refractivity contribution in [2.75, 3.05) is 0 Å². The van der Waals surface area contributed by atoms with Crippen molar-refractivity contribution in [3.63, 3.8) is 0 Å². The number of aromatic nitrogens is 1. The molecule has 1 aromatic heterocycles. The molecule has 2 aliphatic rings. The van der Waals surface area contributed by atoms with Gasteiger partial charge in [0.05, 0.1) is 5.60 Å². The van der Waals surface area contributed by atoms with E-state index >= 15 is 0 Å². The zero-order valence-corrected chi connectivity index (χ0v) is 11.4. The molecule has 110 valence electrons. The van der Waals surface area contributed by atoms with E-state index < -0.39 is 28.3 Å². The van der Waals surface area contributed by atoms with Crippen LogP contribution in [0.3, 0.4) is 0 Å². The highest BCUT2D eigenvalue weighted by Gasteiger charge is 2.51. The number of aliphatic hydroxyl groups is 1. The number of halogens is 3. The quantitative estimate of drug-likeness (QED) is 0.866. The number of rotatable bonds is 1. The number of nitrogens with zero attached hydrogens (tertiary/aromatic N) is 1. The minimum Gasteiger partial charge on any atom is -0.385 e. The summed E-state index contributed by atoms with van der Waals surface area (Å²) in [7, 11) is -1.03. The molecule has 0 saturated carbocycles. The molecule has 1 N–H and O–H groups in total. The SMILES string of the molecule is O=S1C2CCC1CC(O)(c1cccnc1C(F)(F)F)C2. The number of fused-ring (bicyclic) bond motifs is 2. The van der Waals surface area contributed by atoms with Gasteiger partial charge in [-0.15, -0.1) is 0 Å². The summed E-state index contributed by atoms with van der Waals surface area (Å²) in [4.78, 5) is 3.40. The molecule has 3 rings (SSSR count). The van der Waals surface area contributed by atoms with Gasteiger partial charge in [0.15, 0.2) is 0 Å². The fraction of sp³-hybridized carbons (Fsp3) is 0.615. The van der Waals surface area contributed by atoms with Crippen molar-refractivity contribution < 1.29 is 22.5 Å². The second-order valence-corrected chi connectivity index (χ2v) is 7.48. The van der Waals surface area contributed by atoms with E-state index in [4.69, 9.17) is 0 Å². The summed E-state index contributed by atoms with van der Waals surface area (Å²) in [5.41, 5.74) is -2.78. The molecule has 3 heterocycles. The predicted molar refractivity (Wildman–Crippen MR) is 67.3 cm³/mol. The maximum atomic E-state index is 13.0. The Labute approximate surface area is 116 Å². The molecule has 20 heavy (non-hydrogen) atoms. The van der Waals surface area contributed by atoms with Crippen molar-refractivity contribution in [2.24, 2.45) is 0 Å². The van der Waals surface area contributed by atoms with E-state index in [1.165, 1.54) is 12.1 Å². The largest absolute Gasteiger partial charge is 0.433 e. The summed E-state index contributed by atoms with van der Waals surface area (Å²) >= 11 is 0. The zero-order valence-electron chi connectivity index (χ0n) is 10.6. The van der Waals surface area contributed by atoms with Gasteiger partial charge in [0.2, 0.25) is 0 Å². The van der Waals surface area contributed by atoms with E-state index in [-0.39, 0.29) is 28.9 Å². The van der Waals surface area contributed by atoms with Gasteiger partial charge in [-0.25, -0.2) is 0 Å². The molecule has 0 aromatic carbocycles. The monoisotopic (exact) mass is 305 g/mol. The second kappa shape index (κ2) is 4.53. The second-order valence-electron chi connectivity index (χ2n) is 5.49. The molecule has 2 aliphatic heterocycles. The Hall–Kier alpha value is -0.950. The average molecular weight is 305 g/mol. The van der Waals surface area contributed by atoms with Crippen LogP contribution in [-0.2, 0) is 22.6 Å². The van der Waals surface area contributed by atoms with Crippen LogP contribution >= 0.6 is 0 Å². The van der Waals surface area contributed by atoms with Crippen LogP contribution in [0.2, 0.25) is 0 Å². The average Bonchev–Trinajstić information content (AvgIpc) is 2.62. The molecule has 2 atom stereocenters. The first-order valence-corrected chi connectivity index (χ1v) is 7.73. The Morgan fingerprint density at radius 2 is 1.90 bits per heavy atom. The van der Waals surface area contributed by atoms with Gasteiger partial charge < -0.3 is 5.11 Å². The van der Waals surface area contributed by atoms with Gasteiger partial charge in [-0.1, -0.05) is 6.07 Å². The lowest BCUT2D eigenvalue weighted by atomic mass is 9.84. The first kappa shape index (κ1) is 14.0. The Bertz CT molecular complexity index is 545. The number of pyridine rings is 1. The highest BCUT2D eigenvalue weighted by molar-refractivity contribution is 7.86. The summed E-state index contributed by atoms with van der Waals surface area (Å²) in [6.45, 7) is 0. The van der Waals surface area contributed by atoms with Crippen LogP contribution in [0.5, 0.6) is 0 Å². The van der Waals surface area contributed by atoms with E-state index in [9.17, 15) is 22.5 Å². The van der Waals surface area contributed by atoms with Crippen molar-refractivity contribution in [3.8, 4) is 0 Å². The van der Waals surface area contributed by atoms with E-state index in [0.29, 0.717) is 12.8 Å². The third-order valence-corrected chi connectivity index (χ3v) is 6.29. The molecule has 2 unspecified atom stereocenters. The highest BCUT2D eigenvalue weighted by atomic mass is 32.2. The molecule has 2 saturated heterocycles. The van der Waals surface area contributed by atoms with Gasteiger partial charge in [-0.2, -0.15) is 13.2 Å². The molecule has 0 amide bonds. The van der Waals surface area contributed by atoms with Crippen LogP contribution in [0.15, 0.2) is 18.3 Å². The maximum Gasteiger partial charge on any atom is 0.433 e. The third kappa shape index (κ3) is 2.16. The van der Waals surface area contributed by atoms with Crippen LogP contribution in [0, 0.1) is 0 Å². The summed E-state index contributed by atoms with van der Waals surface area (Å²) in [5, 5.41) is 10.3. The van der Waals surface area contributed by atoms with Gasteiger partial charge in [0, 0.05) is 33.1 Å². The van der Waals surface area contributed by atoms with Crippen molar-refractivity contribution >= 4 is 10.8 Å². The molecule has 2 fully saturated rings. The minimum absolute atomic E-state index is 0.116. The van der Waals surface area contributed by atoms with Gasteiger partial charge in [0.25, 0.3) is 0 Å². The molecule has 0 spiro atoms. The lowest BCUT2D eigenvalue weighted by Gasteiger charge is -2.37. The first-order chi connectivity index (χ1) is 9.31. The molecular formula is C13H14F3NO2S. The summed E-state index contributed by atoms with van der Waals surface area (Å²) in [6.07, 6.45) is -1.87. The maximum absolute atomic E-state index is 13.0. The van der Waals surface area contributed by atoms with Gasteiger partial charge in [0.1, 0.15) is 5.69 Å². The molecule has 0 aliphatic carbocycles. The Balaban J connectivity index is 2.03. The van der Waals surface area contributed by atoms with Gasteiger partial charge >= 0.3 is 6.18 Å². The number of hydrogen-bond acceptors (Lipinski definition) is 3. The zero-order chi connectivity index (χ0) is 14.5. The summed E-state index contributed by atoms with van der Waals surface area (Å²) < 4.78 is 51.0. The molecule has 7 heteroatoms. The number of hydrogen-bond donors (Lipinski definition) is 1. The molecule has 1 aromatic rings. The first-order valence-electron chi connectivity index (χ1n) is 6.46.